The van der Waals surface area contributed by atoms with Gasteiger partial charge in [0.25, 0.3) is 0 Å². The smallest absolute Gasteiger partial charge is 0.336 e. The number of hydrogen-bond donors (Lipinski definition) is 1. The Labute approximate surface area is 372 Å². The van der Waals surface area contributed by atoms with Crippen LogP contribution in [0.15, 0.2) is 243 Å². The van der Waals surface area contributed by atoms with Gasteiger partial charge >= 0.3 is 5.97 Å². The first-order valence-corrected chi connectivity index (χ1v) is 21.9. The van der Waals surface area contributed by atoms with Gasteiger partial charge in [0.1, 0.15) is 0 Å². The molecule has 64 heavy (non-hydrogen) atoms. The summed E-state index contributed by atoms with van der Waals surface area (Å²) >= 11 is 0. The van der Waals surface area contributed by atoms with Gasteiger partial charge in [-0.2, -0.15) is 0 Å². The average Bonchev–Trinajstić information content (AvgIpc) is 3.83. The van der Waals surface area contributed by atoms with Crippen molar-refractivity contribution in [2.45, 2.75) is 10.8 Å². The lowest BCUT2D eigenvalue weighted by Gasteiger charge is -2.36. The molecule has 0 spiro atoms. The number of hydrogen-bond acceptors (Lipinski definition) is 2. The second-order valence-corrected chi connectivity index (χ2v) is 16.8. The lowest BCUT2D eigenvalue weighted by molar-refractivity contribution is 0.0699. The highest BCUT2D eigenvalue weighted by Crippen LogP contribution is 2.59. The molecule has 10 aromatic carbocycles. The van der Waals surface area contributed by atoms with Gasteiger partial charge in [-0.05, 0) is 109 Å². The highest BCUT2D eigenvalue weighted by molar-refractivity contribution is 6.10. The summed E-state index contributed by atoms with van der Waals surface area (Å²) in [5.41, 5.74) is 16.3. The standard InChI is InChI=1S/C61H41NO2/c63-59(64)53-37-38-58(52-30-14-13-27-47(52)53)62(45-33-35-50-48-28-15-17-31-54(48)60(56(50)39-45,41-19-5-1-6-20-41)42-21-7-2-8-22-42)46-34-36-51-49-29-16-18-32-55(49)61(57(51)40-46,43-23-9-3-10-24-43)44-25-11-4-12-26-44/h1-40H,(H,63,64). The van der Waals surface area contributed by atoms with Crippen molar-refractivity contribution in [2.24, 2.45) is 0 Å². The molecule has 0 atom stereocenters. The number of nitrogens with zero attached hydrogens (tertiary/aromatic N) is 1. The maximum atomic E-state index is 12.8. The van der Waals surface area contributed by atoms with E-state index in [4.69, 9.17) is 0 Å². The summed E-state index contributed by atoms with van der Waals surface area (Å²) in [7, 11) is 0. The van der Waals surface area contributed by atoms with Gasteiger partial charge in [-0.1, -0.05) is 206 Å². The van der Waals surface area contributed by atoms with E-state index < -0.39 is 16.8 Å². The van der Waals surface area contributed by atoms with Crippen LogP contribution in [0, 0.1) is 0 Å². The zero-order valence-electron chi connectivity index (χ0n) is 34.9. The molecule has 0 heterocycles. The van der Waals surface area contributed by atoms with Crippen molar-refractivity contribution in [3.05, 3.63) is 293 Å². The van der Waals surface area contributed by atoms with Crippen LogP contribution in [0.5, 0.6) is 0 Å². The van der Waals surface area contributed by atoms with E-state index in [1.54, 1.807) is 6.07 Å². The number of carboxylic acid groups (broad SMARTS) is 1. The van der Waals surface area contributed by atoms with Crippen molar-refractivity contribution < 1.29 is 9.90 Å². The number of rotatable bonds is 8. The van der Waals surface area contributed by atoms with E-state index in [0.717, 1.165) is 22.4 Å². The Morgan fingerprint density at radius 3 is 1.12 bits per heavy atom. The quantitative estimate of drug-likeness (QED) is 0.166. The summed E-state index contributed by atoms with van der Waals surface area (Å²) in [4.78, 5) is 15.1. The van der Waals surface area contributed by atoms with E-state index in [0.29, 0.717) is 5.39 Å². The van der Waals surface area contributed by atoms with Crippen LogP contribution in [0.3, 0.4) is 0 Å². The van der Waals surface area contributed by atoms with Crippen LogP contribution >= 0.6 is 0 Å². The number of benzene rings is 10. The predicted molar refractivity (Wildman–Crippen MR) is 260 cm³/mol. The molecule has 12 rings (SSSR count). The minimum Gasteiger partial charge on any atom is -0.478 e. The van der Waals surface area contributed by atoms with E-state index in [9.17, 15) is 9.90 Å². The van der Waals surface area contributed by atoms with Crippen molar-refractivity contribution in [3.8, 4) is 22.3 Å². The van der Waals surface area contributed by atoms with Crippen LogP contribution < -0.4 is 4.90 Å². The molecule has 0 unspecified atom stereocenters. The van der Waals surface area contributed by atoms with Gasteiger partial charge in [-0.25, -0.2) is 4.79 Å². The van der Waals surface area contributed by atoms with Crippen molar-refractivity contribution in [3.63, 3.8) is 0 Å². The van der Waals surface area contributed by atoms with Gasteiger partial charge in [-0.3, -0.25) is 0 Å². The third-order valence-electron chi connectivity index (χ3n) is 13.8. The Hall–Kier alpha value is -8.27. The molecule has 0 saturated carbocycles. The van der Waals surface area contributed by atoms with Crippen molar-refractivity contribution in [1.29, 1.82) is 0 Å². The third-order valence-corrected chi connectivity index (χ3v) is 13.8. The molecule has 3 nitrogen and oxygen atoms in total. The molecular formula is C61H41NO2. The van der Waals surface area contributed by atoms with E-state index in [1.807, 2.05) is 30.3 Å². The first-order chi connectivity index (χ1) is 31.6. The number of aromatic carboxylic acids is 1. The maximum Gasteiger partial charge on any atom is 0.336 e. The molecule has 3 heteroatoms. The van der Waals surface area contributed by atoms with Crippen LogP contribution in [0.4, 0.5) is 17.1 Å². The number of fused-ring (bicyclic) bond motifs is 7. The summed E-state index contributed by atoms with van der Waals surface area (Å²) in [5, 5.41) is 12.0. The van der Waals surface area contributed by atoms with E-state index >= 15 is 0 Å². The Morgan fingerprint density at radius 1 is 0.344 bits per heavy atom. The second-order valence-electron chi connectivity index (χ2n) is 16.8. The van der Waals surface area contributed by atoms with Crippen molar-refractivity contribution >= 4 is 33.8 Å². The largest absolute Gasteiger partial charge is 0.478 e. The predicted octanol–water partition coefficient (Wildman–Crippen LogP) is 14.7. The van der Waals surface area contributed by atoms with Crippen LogP contribution in [-0.4, -0.2) is 11.1 Å². The van der Waals surface area contributed by atoms with E-state index in [-0.39, 0.29) is 5.56 Å². The molecule has 10 aromatic rings. The molecule has 0 bridgehead atoms. The van der Waals surface area contributed by atoms with Crippen LogP contribution in [0.2, 0.25) is 0 Å². The Morgan fingerprint density at radius 2 is 0.703 bits per heavy atom. The number of anilines is 3. The molecule has 0 radical (unpaired) electrons. The molecule has 0 amide bonds. The fourth-order valence-corrected chi connectivity index (χ4v) is 11.2. The molecule has 2 aliphatic rings. The normalized spacial score (nSPS) is 13.7. The van der Waals surface area contributed by atoms with Gasteiger partial charge < -0.3 is 10.0 Å². The molecule has 1 N–H and O–H groups in total. The molecule has 0 saturated heterocycles. The Bertz CT molecular complexity index is 3150. The van der Waals surface area contributed by atoms with Gasteiger partial charge in [-0.15, -0.1) is 0 Å². The summed E-state index contributed by atoms with van der Waals surface area (Å²) in [6, 6.07) is 86.7. The number of carboxylic acids is 1. The minimum atomic E-state index is -0.953. The monoisotopic (exact) mass is 819 g/mol. The lowest BCUT2D eigenvalue weighted by Crippen LogP contribution is -2.29. The highest BCUT2D eigenvalue weighted by atomic mass is 16.4. The summed E-state index contributed by atoms with van der Waals surface area (Å²) in [5.74, 6) is -0.953. The van der Waals surface area contributed by atoms with Gasteiger partial charge in [0.2, 0.25) is 0 Å². The molecule has 302 valence electrons. The topological polar surface area (TPSA) is 40.5 Å². The van der Waals surface area contributed by atoms with Gasteiger partial charge in [0.05, 0.1) is 22.1 Å². The zero-order chi connectivity index (χ0) is 42.8. The van der Waals surface area contributed by atoms with Gasteiger partial charge in [0, 0.05) is 16.8 Å². The molecule has 0 fully saturated rings. The summed E-state index contributed by atoms with van der Waals surface area (Å²) in [6.45, 7) is 0. The van der Waals surface area contributed by atoms with Crippen LogP contribution in [0.25, 0.3) is 33.0 Å². The SMILES string of the molecule is O=C(O)c1ccc(N(c2ccc3c(c2)C(c2ccccc2)(c2ccccc2)c2ccccc2-3)c2ccc3c(c2)C(c2ccccc2)(c2ccccc2)c2ccccc2-3)c2ccccc12. The fraction of sp³-hybridized carbons (Fsp3) is 0.0328. The van der Waals surface area contributed by atoms with Crippen LogP contribution in [0.1, 0.15) is 54.9 Å². The first kappa shape index (κ1) is 37.5. The Balaban J connectivity index is 1.18. The average molecular weight is 820 g/mol. The summed E-state index contributed by atoms with van der Waals surface area (Å²) < 4.78 is 0. The second kappa shape index (κ2) is 14.7. The molecular weight excluding hydrogens is 779 g/mol. The fourth-order valence-electron chi connectivity index (χ4n) is 11.2. The highest BCUT2D eigenvalue weighted by Gasteiger charge is 2.48. The van der Waals surface area contributed by atoms with Crippen molar-refractivity contribution in [1.82, 2.24) is 0 Å². The molecule has 0 aliphatic heterocycles. The third kappa shape index (κ3) is 5.31. The zero-order valence-corrected chi connectivity index (χ0v) is 34.9. The van der Waals surface area contributed by atoms with Crippen LogP contribution in [-0.2, 0) is 10.8 Å². The maximum absolute atomic E-state index is 12.8. The van der Waals surface area contributed by atoms with Gasteiger partial charge in [0.15, 0.2) is 0 Å². The van der Waals surface area contributed by atoms with Crippen molar-refractivity contribution in [2.75, 3.05) is 4.90 Å². The van der Waals surface area contributed by atoms with E-state index in [1.165, 1.54) is 66.8 Å². The first-order valence-electron chi connectivity index (χ1n) is 21.9. The van der Waals surface area contributed by atoms with E-state index in [2.05, 4.69) is 211 Å². The molecule has 0 aromatic heterocycles. The Kier molecular flexibility index (Phi) is 8.60. The summed E-state index contributed by atoms with van der Waals surface area (Å²) in [6.07, 6.45) is 0. The molecule has 2 aliphatic carbocycles. The number of carbonyl (C=O) groups is 1. The lowest BCUT2D eigenvalue weighted by atomic mass is 9.67. The minimum absolute atomic E-state index is 0.271.